The van der Waals surface area contributed by atoms with Gasteiger partial charge in [-0.25, -0.2) is 4.79 Å². The third-order valence-electron chi connectivity index (χ3n) is 4.56. The first kappa shape index (κ1) is 23.5. The van der Waals surface area contributed by atoms with Crippen LogP contribution in [0.15, 0.2) is 52.5 Å². The molecular formula is C24H26BrNO4. The van der Waals surface area contributed by atoms with E-state index in [2.05, 4.69) is 41.9 Å². The third kappa shape index (κ3) is 6.93. The van der Waals surface area contributed by atoms with Gasteiger partial charge >= 0.3 is 5.97 Å². The maximum atomic E-state index is 11.9. The number of halogens is 1. The molecule has 0 saturated carbocycles. The average Bonchev–Trinajstić information content (AvgIpc) is 2.76. The minimum atomic E-state index is -0.657. The molecule has 30 heavy (non-hydrogen) atoms. The van der Waals surface area contributed by atoms with E-state index in [1.807, 2.05) is 24.3 Å². The lowest BCUT2D eigenvalue weighted by Crippen LogP contribution is -2.10. The first-order valence-electron chi connectivity index (χ1n) is 9.92. The second-order valence-corrected chi connectivity index (χ2v) is 7.56. The summed E-state index contributed by atoms with van der Waals surface area (Å²) in [6.45, 7) is 6.95. The first-order chi connectivity index (χ1) is 14.5. The standard InChI is InChI=1S/C24H26BrNO4/c1-4-17(3)18-6-9-22(10-7-18)29-12-13-30-23-11-8-21(25)15-19(23)14-20(16-26)24(27)28-5-2/h6-11,14-15,17H,4-5,12-13H2,1-3H3/b20-14+/t17-/m0/s1. The van der Waals surface area contributed by atoms with E-state index in [1.54, 1.807) is 19.1 Å². The van der Waals surface area contributed by atoms with Crippen LogP contribution in [-0.4, -0.2) is 25.8 Å². The van der Waals surface area contributed by atoms with E-state index in [0.29, 0.717) is 30.4 Å². The van der Waals surface area contributed by atoms with Gasteiger partial charge in [0.2, 0.25) is 0 Å². The molecule has 0 fully saturated rings. The highest BCUT2D eigenvalue weighted by Crippen LogP contribution is 2.26. The van der Waals surface area contributed by atoms with Crippen LogP contribution in [0.1, 0.15) is 44.2 Å². The normalized spacial score (nSPS) is 12.0. The van der Waals surface area contributed by atoms with Crippen molar-refractivity contribution in [3.63, 3.8) is 0 Å². The molecule has 0 N–H and O–H groups in total. The number of benzene rings is 2. The van der Waals surface area contributed by atoms with Crippen molar-refractivity contribution < 1.29 is 19.0 Å². The molecule has 0 amide bonds. The van der Waals surface area contributed by atoms with Gasteiger partial charge in [-0.1, -0.05) is 41.9 Å². The van der Waals surface area contributed by atoms with Gasteiger partial charge in [-0.15, -0.1) is 0 Å². The van der Waals surface area contributed by atoms with Gasteiger partial charge in [0.1, 0.15) is 36.4 Å². The molecule has 0 aromatic heterocycles. The van der Waals surface area contributed by atoms with Crippen molar-refractivity contribution in [2.24, 2.45) is 0 Å². The summed E-state index contributed by atoms with van der Waals surface area (Å²) in [7, 11) is 0. The topological polar surface area (TPSA) is 68.6 Å². The van der Waals surface area contributed by atoms with Crippen LogP contribution < -0.4 is 9.47 Å². The summed E-state index contributed by atoms with van der Waals surface area (Å²) in [5, 5.41) is 9.26. The number of carbonyl (C=O) groups is 1. The lowest BCUT2D eigenvalue weighted by molar-refractivity contribution is -0.137. The number of rotatable bonds is 10. The van der Waals surface area contributed by atoms with Crippen LogP contribution in [0.4, 0.5) is 0 Å². The van der Waals surface area contributed by atoms with E-state index < -0.39 is 5.97 Å². The summed E-state index contributed by atoms with van der Waals surface area (Å²) in [4.78, 5) is 11.9. The van der Waals surface area contributed by atoms with E-state index in [0.717, 1.165) is 16.6 Å². The minimum Gasteiger partial charge on any atom is -0.490 e. The number of carbonyl (C=O) groups excluding carboxylic acids is 1. The maximum absolute atomic E-state index is 11.9. The molecule has 0 aliphatic rings. The second kappa shape index (κ2) is 12.0. The minimum absolute atomic E-state index is 0.0857. The highest BCUT2D eigenvalue weighted by molar-refractivity contribution is 9.10. The monoisotopic (exact) mass is 471 g/mol. The summed E-state index contributed by atoms with van der Waals surface area (Å²) < 4.78 is 17.3. The number of nitriles is 1. The molecule has 0 saturated heterocycles. The van der Waals surface area contributed by atoms with Gasteiger partial charge in [0, 0.05) is 10.0 Å². The van der Waals surface area contributed by atoms with Crippen LogP contribution in [0.2, 0.25) is 0 Å². The fourth-order valence-corrected chi connectivity index (χ4v) is 3.08. The molecule has 158 valence electrons. The summed E-state index contributed by atoms with van der Waals surface area (Å²) in [5.74, 6) is 1.20. The Morgan fingerprint density at radius 3 is 2.47 bits per heavy atom. The Kier molecular flexibility index (Phi) is 9.43. The smallest absolute Gasteiger partial charge is 0.348 e. The van der Waals surface area contributed by atoms with Crippen molar-refractivity contribution in [2.45, 2.75) is 33.1 Å². The molecule has 0 spiro atoms. The molecular weight excluding hydrogens is 446 g/mol. The van der Waals surface area contributed by atoms with Gasteiger partial charge in [-0.2, -0.15) is 5.26 Å². The summed E-state index contributed by atoms with van der Waals surface area (Å²) in [6.07, 6.45) is 2.56. The van der Waals surface area contributed by atoms with Gasteiger partial charge in [0.25, 0.3) is 0 Å². The largest absolute Gasteiger partial charge is 0.490 e. The molecule has 0 heterocycles. The predicted molar refractivity (Wildman–Crippen MR) is 121 cm³/mol. The number of hydrogen-bond acceptors (Lipinski definition) is 5. The van der Waals surface area contributed by atoms with Gasteiger partial charge in [0.05, 0.1) is 6.61 Å². The van der Waals surface area contributed by atoms with Crippen molar-refractivity contribution in [1.29, 1.82) is 5.26 Å². The third-order valence-corrected chi connectivity index (χ3v) is 5.05. The molecule has 0 aliphatic carbocycles. The van der Waals surface area contributed by atoms with Gasteiger partial charge in [-0.05, 0) is 61.2 Å². The van der Waals surface area contributed by atoms with Crippen LogP contribution in [-0.2, 0) is 9.53 Å². The van der Waals surface area contributed by atoms with E-state index in [9.17, 15) is 10.1 Å². The number of ether oxygens (including phenoxy) is 3. The molecule has 0 radical (unpaired) electrons. The maximum Gasteiger partial charge on any atom is 0.348 e. The van der Waals surface area contributed by atoms with Gasteiger partial charge < -0.3 is 14.2 Å². The Balaban J connectivity index is 2.00. The molecule has 5 nitrogen and oxygen atoms in total. The van der Waals surface area contributed by atoms with Crippen molar-refractivity contribution in [3.05, 3.63) is 63.6 Å². The van der Waals surface area contributed by atoms with Crippen LogP contribution >= 0.6 is 15.9 Å². The van der Waals surface area contributed by atoms with Crippen molar-refractivity contribution in [3.8, 4) is 17.6 Å². The zero-order valence-corrected chi connectivity index (χ0v) is 19.1. The Morgan fingerprint density at radius 1 is 1.13 bits per heavy atom. The average molecular weight is 472 g/mol. The van der Waals surface area contributed by atoms with Crippen molar-refractivity contribution >= 4 is 28.0 Å². The highest BCUT2D eigenvalue weighted by atomic mass is 79.9. The summed E-state index contributed by atoms with van der Waals surface area (Å²) >= 11 is 3.40. The summed E-state index contributed by atoms with van der Waals surface area (Å²) in [5.41, 5.74) is 1.81. The Labute approximate surface area is 186 Å². The predicted octanol–water partition coefficient (Wildman–Crippen LogP) is 5.89. The quantitative estimate of drug-likeness (QED) is 0.187. The van der Waals surface area contributed by atoms with Crippen LogP contribution in [0.25, 0.3) is 6.08 Å². The zero-order valence-electron chi connectivity index (χ0n) is 17.5. The lowest BCUT2D eigenvalue weighted by Gasteiger charge is -2.12. The number of esters is 1. The molecule has 6 heteroatoms. The molecule has 0 unspecified atom stereocenters. The first-order valence-corrected chi connectivity index (χ1v) is 10.7. The fourth-order valence-electron chi connectivity index (χ4n) is 2.70. The SMILES string of the molecule is CCOC(=O)/C(C#N)=C/c1cc(Br)ccc1OCCOc1ccc([C@@H](C)CC)cc1. The molecule has 2 rings (SSSR count). The lowest BCUT2D eigenvalue weighted by atomic mass is 9.99. The zero-order chi connectivity index (χ0) is 21.9. The molecule has 1 atom stereocenters. The molecule has 0 aliphatic heterocycles. The van der Waals surface area contributed by atoms with E-state index in [1.165, 1.54) is 11.6 Å². The fraction of sp³-hybridized carbons (Fsp3) is 0.333. The Bertz CT molecular complexity index is 916. The Morgan fingerprint density at radius 2 is 1.83 bits per heavy atom. The Hall–Kier alpha value is -2.78. The highest BCUT2D eigenvalue weighted by Gasteiger charge is 2.12. The molecule has 2 aromatic carbocycles. The van der Waals surface area contributed by atoms with Gasteiger partial charge in [-0.3, -0.25) is 0 Å². The molecule has 2 aromatic rings. The van der Waals surface area contributed by atoms with Crippen molar-refractivity contribution in [2.75, 3.05) is 19.8 Å². The van der Waals surface area contributed by atoms with Crippen LogP contribution in [0.3, 0.4) is 0 Å². The summed E-state index contributed by atoms with van der Waals surface area (Å²) in [6, 6.07) is 15.4. The van der Waals surface area contributed by atoms with E-state index in [4.69, 9.17) is 14.2 Å². The number of hydrogen-bond donors (Lipinski definition) is 0. The van der Waals surface area contributed by atoms with Gasteiger partial charge in [0.15, 0.2) is 0 Å². The van der Waals surface area contributed by atoms with Crippen LogP contribution in [0.5, 0.6) is 11.5 Å². The van der Waals surface area contributed by atoms with Crippen molar-refractivity contribution in [1.82, 2.24) is 0 Å². The number of nitrogens with zero attached hydrogens (tertiary/aromatic N) is 1. The van der Waals surface area contributed by atoms with Crippen LogP contribution in [0, 0.1) is 11.3 Å². The van der Waals surface area contributed by atoms with E-state index in [-0.39, 0.29) is 12.2 Å². The second-order valence-electron chi connectivity index (χ2n) is 6.65. The molecule has 0 bridgehead atoms. The van der Waals surface area contributed by atoms with E-state index >= 15 is 0 Å².